The molecule has 5 heteroatoms. The molecule has 4 nitrogen and oxygen atoms in total. The zero-order valence-electron chi connectivity index (χ0n) is 7.79. The zero-order chi connectivity index (χ0) is 9.97. The van der Waals surface area contributed by atoms with Crippen molar-refractivity contribution in [1.82, 2.24) is 10.2 Å². The van der Waals surface area contributed by atoms with Gasteiger partial charge in [0, 0.05) is 19.2 Å². The molecule has 0 radical (unpaired) electrons. The third-order valence-corrected chi connectivity index (χ3v) is 2.64. The molecule has 2 heterocycles. The number of H-pyrrole nitrogens is 1. The molecular formula is C9H12ClN3O. The van der Waals surface area contributed by atoms with E-state index in [9.17, 15) is 4.79 Å². The smallest absolute Gasteiger partial charge is 0.287 e. The highest BCUT2D eigenvalue weighted by atomic mass is 35.5. The van der Waals surface area contributed by atoms with Crippen LogP contribution in [-0.4, -0.2) is 23.3 Å². The second-order valence-corrected chi connectivity index (χ2v) is 3.84. The lowest BCUT2D eigenvalue weighted by molar-refractivity contribution is 0.575. The molecule has 0 amide bonds. The highest BCUT2D eigenvalue weighted by Gasteiger charge is 2.14. The summed E-state index contributed by atoms with van der Waals surface area (Å²) < 4.78 is 0. The monoisotopic (exact) mass is 213 g/mol. The summed E-state index contributed by atoms with van der Waals surface area (Å²) in [4.78, 5) is 13.5. The topological polar surface area (TPSA) is 49.0 Å². The van der Waals surface area contributed by atoms with Crippen LogP contribution in [0.25, 0.3) is 0 Å². The highest BCUT2D eigenvalue weighted by molar-refractivity contribution is 6.29. The van der Waals surface area contributed by atoms with Crippen molar-refractivity contribution in [2.24, 2.45) is 0 Å². The van der Waals surface area contributed by atoms with Gasteiger partial charge in [-0.3, -0.25) is 4.79 Å². The van der Waals surface area contributed by atoms with E-state index in [0.29, 0.717) is 10.8 Å². The van der Waals surface area contributed by atoms with Gasteiger partial charge in [0.15, 0.2) is 5.15 Å². The Hall–Kier alpha value is -1.03. The van der Waals surface area contributed by atoms with Crippen LogP contribution in [0.15, 0.2) is 10.9 Å². The lowest BCUT2D eigenvalue weighted by Crippen LogP contribution is -2.34. The fourth-order valence-corrected chi connectivity index (χ4v) is 1.89. The van der Waals surface area contributed by atoms with E-state index in [1.807, 2.05) is 0 Å². The van der Waals surface area contributed by atoms with E-state index in [4.69, 9.17) is 11.6 Å². The van der Waals surface area contributed by atoms with Gasteiger partial charge in [-0.05, 0) is 19.3 Å². The lowest BCUT2D eigenvalue weighted by Gasteiger charge is -2.27. The molecule has 1 aliphatic rings. The predicted octanol–water partition coefficient (Wildman–Crippen LogP) is 1.41. The van der Waals surface area contributed by atoms with Crippen LogP contribution < -0.4 is 10.5 Å². The van der Waals surface area contributed by atoms with E-state index >= 15 is 0 Å². The van der Waals surface area contributed by atoms with Gasteiger partial charge in [0.2, 0.25) is 0 Å². The lowest BCUT2D eigenvalue weighted by atomic mass is 10.1. The normalized spacial score (nSPS) is 17.1. The minimum atomic E-state index is -0.156. The van der Waals surface area contributed by atoms with Crippen molar-refractivity contribution in [3.05, 3.63) is 21.6 Å². The maximum atomic E-state index is 11.5. The molecule has 0 spiro atoms. The van der Waals surface area contributed by atoms with Crippen LogP contribution in [0.2, 0.25) is 5.15 Å². The summed E-state index contributed by atoms with van der Waals surface area (Å²) in [6.07, 6.45) is 3.52. The maximum Gasteiger partial charge on any atom is 0.287 e. The first kappa shape index (κ1) is 9.52. The summed E-state index contributed by atoms with van der Waals surface area (Å²) in [6, 6.07) is 1.63. The van der Waals surface area contributed by atoms with Gasteiger partial charge >= 0.3 is 0 Å². The minimum Gasteiger partial charge on any atom is -0.367 e. The quantitative estimate of drug-likeness (QED) is 0.768. The molecule has 0 bridgehead atoms. The van der Waals surface area contributed by atoms with Crippen molar-refractivity contribution < 1.29 is 0 Å². The summed E-state index contributed by atoms with van der Waals surface area (Å²) in [5.41, 5.74) is 0.487. The molecule has 14 heavy (non-hydrogen) atoms. The van der Waals surface area contributed by atoms with Gasteiger partial charge < -0.3 is 4.90 Å². The van der Waals surface area contributed by atoms with Gasteiger partial charge in [0.05, 0.1) is 0 Å². The average Bonchev–Trinajstić information content (AvgIpc) is 2.23. The molecule has 2 rings (SSSR count). The molecule has 1 aromatic rings. The van der Waals surface area contributed by atoms with E-state index in [1.54, 1.807) is 6.07 Å². The number of piperidine rings is 1. The summed E-state index contributed by atoms with van der Waals surface area (Å²) in [5, 5.41) is 6.36. The number of aromatic nitrogens is 2. The number of anilines is 1. The predicted molar refractivity (Wildman–Crippen MR) is 55.9 cm³/mol. The van der Waals surface area contributed by atoms with Crippen LogP contribution in [0.5, 0.6) is 0 Å². The van der Waals surface area contributed by atoms with Crippen molar-refractivity contribution >= 4 is 17.3 Å². The summed E-state index contributed by atoms with van der Waals surface area (Å²) in [5.74, 6) is 0. The van der Waals surface area contributed by atoms with Gasteiger partial charge in [0.1, 0.15) is 5.69 Å². The van der Waals surface area contributed by atoms with Crippen LogP contribution >= 0.6 is 11.6 Å². The molecule has 1 fully saturated rings. The van der Waals surface area contributed by atoms with E-state index < -0.39 is 0 Å². The minimum absolute atomic E-state index is 0.156. The molecule has 1 saturated heterocycles. The summed E-state index contributed by atoms with van der Waals surface area (Å²) >= 11 is 5.73. The van der Waals surface area contributed by atoms with Crippen LogP contribution in [0.1, 0.15) is 19.3 Å². The Morgan fingerprint density at radius 2 is 2.07 bits per heavy atom. The molecule has 0 aliphatic carbocycles. The number of nitrogens with one attached hydrogen (secondary N) is 1. The van der Waals surface area contributed by atoms with Gasteiger partial charge in [-0.2, -0.15) is 5.10 Å². The Kier molecular flexibility index (Phi) is 2.72. The molecule has 76 valence electrons. The van der Waals surface area contributed by atoms with E-state index in [1.165, 1.54) is 6.42 Å². The summed E-state index contributed by atoms with van der Waals surface area (Å²) in [6.45, 7) is 1.87. The van der Waals surface area contributed by atoms with Crippen molar-refractivity contribution in [3.8, 4) is 0 Å². The first-order valence-electron chi connectivity index (χ1n) is 4.77. The molecule has 1 aliphatic heterocycles. The maximum absolute atomic E-state index is 11.5. The average molecular weight is 214 g/mol. The molecule has 0 atom stereocenters. The van der Waals surface area contributed by atoms with Crippen LogP contribution in [-0.2, 0) is 0 Å². The standard InChI is InChI=1S/C9H12ClN3O/c10-8-6-7(9(14)12-11-8)13-4-2-1-3-5-13/h6H,1-5H2,(H,12,14). The number of aromatic amines is 1. The fraction of sp³-hybridized carbons (Fsp3) is 0.556. The first-order valence-corrected chi connectivity index (χ1v) is 5.15. The number of hydrogen-bond acceptors (Lipinski definition) is 3. The molecule has 1 N–H and O–H groups in total. The third kappa shape index (κ3) is 1.90. The van der Waals surface area contributed by atoms with Crippen molar-refractivity contribution in [2.75, 3.05) is 18.0 Å². The number of hydrogen-bond donors (Lipinski definition) is 1. The van der Waals surface area contributed by atoms with E-state index in [0.717, 1.165) is 25.9 Å². The number of halogens is 1. The first-order chi connectivity index (χ1) is 6.77. The van der Waals surface area contributed by atoms with Crippen molar-refractivity contribution in [3.63, 3.8) is 0 Å². The largest absolute Gasteiger partial charge is 0.367 e. The van der Waals surface area contributed by atoms with Gasteiger partial charge in [0.25, 0.3) is 5.56 Å². The Labute approximate surface area is 86.9 Å². The number of nitrogens with zero attached hydrogens (tertiary/aromatic N) is 2. The molecule has 0 aromatic carbocycles. The second kappa shape index (κ2) is 4.00. The van der Waals surface area contributed by atoms with Gasteiger partial charge in [-0.25, -0.2) is 5.10 Å². The highest BCUT2D eigenvalue weighted by Crippen LogP contribution is 2.17. The Morgan fingerprint density at radius 1 is 1.36 bits per heavy atom. The Bertz CT molecular complexity index is 371. The van der Waals surface area contributed by atoms with Crippen molar-refractivity contribution in [2.45, 2.75) is 19.3 Å². The third-order valence-electron chi connectivity index (χ3n) is 2.45. The van der Waals surface area contributed by atoms with Gasteiger partial charge in [-0.15, -0.1) is 0 Å². The van der Waals surface area contributed by atoms with Crippen LogP contribution in [0.4, 0.5) is 5.69 Å². The zero-order valence-corrected chi connectivity index (χ0v) is 8.55. The van der Waals surface area contributed by atoms with E-state index in [-0.39, 0.29) is 5.56 Å². The SMILES string of the molecule is O=c1[nH]nc(Cl)cc1N1CCCCC1. The van der Waals surface area contributed by atoms with Crippen LogP contribution in [0.3, 0.4) is 0 Å². The summed E-state index contributed by atoms with van der Waals surface area (Å²) in [7, 11) is 0. The van der Waals surface area contributed by atoms with Crippen LogP contribution in [0, 0.1) is 0 Å². The molecule has 0 unspecified atom stereocenters. The van der Waals surface area contributed by atoms with Gasteiger partial charge in [-0.1, -0.05) is 11.6 Å². The Morgan fingerprint density at radius 3 is 2.79 bits per heavy atom. The number of rotatable bonds is 1. The molecule has 0 saturated carbocycles. The Balaban J connectivity index is 2.29. The van der Waals surface area contributed by atoms with E-state index in [2.05, 4.69) is 15.1 Å². The molecular weight excluding hydrogens is 202 g/mol. The molecule has 1 aromatic heterocycles. The van der Waals surface area contributed by atoms with Crippen molar-refractivity contribution in [1.29, 1.82) is 0 Å². The fourth-order valence-electron chi connectivity index (χ4n) is 1.74. The second-order valence-electron chi connectivity index (χ2n) is 3.45.